The number of nitrogens with zero attached hydrogens (tertiary/aromatic N) is 2. The van der Waals surface area contributed by atoms with Gasteiger partial charge >= 0.3 is 0 Å². The molecule has 2 saturated heterocycles. The summed E-state index contributed by atoms with van der Waals surface area (Å²) < 4.78 is 0. The van der Waals surface area contributed by atoms with Crippen LogP contribution in [-0.4, -0.2) is 73.0 Å². The van der Waals surface area contributed by atoms with Crippen molar-refractivity contribution in [3.63, 3.8) is 0 Å². The number of carbonyl (C=O) groups is 1. The van der Waals surface area contributed by atoms with Gasteiger partial charge < -0.3 is 10.2 Å². The third-order valence-electron chi connectivity index (χ3n) is 3.74. The second kappa shape index (κ2) is 6.07. The van der Waals surface area contributed by atoms with E-state index in [2.05, 4.69) is 16.5 Å². The van der Waals surface area contributed by atoms with Gasteiger partial charge in [0.05, 0.1) is 0 Å². The molecule has 1 amide bonds. The molecule has 1 unspecified atom stereocenters. The standard InChI is InChI=1S/C12H23N3OS/c1-10(9-17-2)12(16)15-5-3-14(4-6-15)11-7-13-8-11/h10-11,13H,3-9H2,1-2H3. The summed E-state index contributed by atoms with van der Waals surface area (Å²) in [4.78, 5) is 16.7. The largest absolute Gasteiger partial charge is 0.340 e. The summed E-state index contributed by atoms with van der Waals surface area (Å²) in [6.45, 7) is 8.20. The maximum Gasteiger partial charge on any atom is 0.226 e. The second-order valence-electron chi connectivity index (χ2n) is 5.03. The van der Waals surface area contributed by atoms with Gasteiger partial charge in [-0.05, 0) is 6.26 Å². The number of nitrogens with one attached hydrogen (secondary N) is 1. The molecule has 2 fully saturated rings. The van der Waals surface area contributed by atoms with Gasteiger partial charge in [0.2, 0.25) is 5.91 Å². The number of hydrogen-bond donors (Lipinski definition) is 1. The molecule has 0 saturated carbocycles. The molecule has 1 N–H and O–H groups in total. The summed E-state index contributed by atoms with van der Waals surface area (Å²) in [6.07, 6.45) is 2.06. The summed E-state index contributed by atoms with van der Waals surface area (Å²) in [5.74, 6) is 1.44. The van der Waals surface area contributed by atoms with Crippen LogP contribution in [0.15, 0.2) is 0 Å². The van der Waals surface area contributed by atoms with Crippen LogP contribution in [0.2, 0.25) is 0 Å². The summed E-state index contributed by atoms with van der Waals surface area (Å²) in [7, 11) is 0. The fourth-order valence-corrected chi connectivity index (χ4v) is 3.11. The van der Waals surface area contributed by atoms with Gasteiger partial charge in [0.15, 0.2) is 0 Å². The average Bonchev–Trinajstić information content (AvgIpc) is 2.27. The Morgan fingerprint density at radius 3 is 2.47 bits per heavy atom. The van der Waals surface area contributed by atoms with Crippen LogP contribution in [-0.2, 0) is 4.79 Å². The van der Waals surface area contributed by atoms with Crippen molar-refractivity contribution in [2.24, 2.45) is 5.92 Å². The third kappa shape index (κ3) is 3.14. The molecule has 5 heteroatoms. The van der Waals surface area contributed by atoms with Crippen LogP contribution < -0.4 is 5.32 Å². The lowest BCUT2D eigenvalue weighted by Gasteiger charge is -2.43. The molecule has 0 radical (unpaired) electrons. The lowest BCUT2D eigenvalue weighted by atomic mass is 10.1. The highest BCUT2D eigenvalue weighted by Gasteiger charge is 2.30. The predicted molar refractivity (Wildman–Crippen MR) is 72.4 cm³/mol. The average molecular weight is 257 g/mol. The number of rotatable bonds is 4. The first-order valence-electron chi connectivity index (χ1n) is 6.45. The molecule has 0 spiro atoms. The Morgan fingerprint density at radius 2 is 2.00 bits per heavy atom. The third-order valence-corrected chi connectivity index (χ3v) is 4.57. The van der Waals surface area contributed by atoms with Crippen LogP contribution in [0.4, 0.5) is 0 Å². The zero-order valence-corrected chi connectivity index (χ0v) is 11.6. The Labute approximate surface area is 108 Å². The first kappa shape index (κ1) is 13.2. The maximum absolute atomic E-state index is 12.1. The lowest BCUT2D eigenvalue weighted by molar-refractivity contribution is -0.136. The second-order valence-corrected chi connectivity index (χ2v) is 5.94. The lowest BCUT2D eigenvalue weighted by Crippen LogP contribution is -2.62. The van der Waals surface area contributed by atoms with E-state index in [1.54, 1.807) is 11.8 Å². The molecule has 17 heavy (non-hydrogen) atoms. The highest BCUT2D eigenvalue weighted by Crippen LogP contribution is 2.13. The van der Waals surface area contributed by atoms with E-state index in [1.807, 2.05) is 11.8 Å². The zero-order valence-electron chi connectivity index (χ0n) is 10.8. The van der Waals surface area contributed by atoms with Gasteiger partial charge in [-0.15, -0.1) is 0 Å². The highest BCUT2D eigenvalue weighted by molar-refractivity contribution is 7.98. The number of piperazine rings is 1. The monoisotopic (exact) mass is 257 g/mol. The number of thioether (sulfide) groups is 1. The molecular weight excluding hydrogens is 234 g/mol. The molecule has 0 aliphatic carbocycles. The van der Waals surface area contributed by atoms with Crippen molar-refractivity contribution < 1.29 is 4.79 Å². The Bertz CT molecular complexity index is 262. The molecule has 2 rings (SSSR count). The van der Waals surface area contributed by atoms with Crippen LogP contribution in [0.5, 0.6) is 0 Å². The summed E-state index contributed by atoms with van der Waals surface area (Å²) >= 11 is 1.75. The minimum absolute atomic E-state index is 0.168. The van der Waals surface area contributed by atoms with Crippen molar-refractivity contribution in [3.8, 4) is 0 Å². The quantitative estimate of drug-likeness (QED) is 0.775. The first-order chi connectivity index (χ1) is 8.22. The van der Waals surface area contributed by atoms with Gasteiger partial charge in [0.25, 0.3) is 0 Å². The van der Waals surface area contributed by atoms with E-state index in [0.29, 0.717) is 5.91 Å². The van der Waals surface area contributed by atoms with E-state index in [1.165, 1.54) is 0 Å². The molecular formula is C12H23N3OS. The molecule has 2 heterocycles. The summed E-state index contributed by atoms with van der Waals surface area (Å²) in [6, 6.07) is 0.718. The van der Waals surface area contributed by atoms with Crippen LogP contribution in [0, 0.1) is 5.92 Å². The number of hydrogen-bond acceptors (Lipinski definition) is 4. The number of carbonyl (C=O) groups excluding carboxylic acids is 1. The normalized spacial score (nSPS) is 24.5. The van der Waals surface area contributed by atoms with E-state index in [4.69, 9.17) is 0 Å². The van der Waals surface area contributed by atoms with Crippen molar-refractivity contribution in [2.45, 2.75) is 13.0 Å². The van der Waals surface area contributed by atoms with E-state index >= 15 is 0 Å². The van der Waals surface area contributed by atoms with Gasteiger partial charge in [-0.25, -0.2) is 0 Å². The Balaban J connectivity index is 1.75. The van der Waals surface area contributed by atoms with Crippen LogP contribution >= 0.6 is 11.8 Å². The molecule has 0 aromatic heterocycles. The van der Waals surface area contributed by atoms with E-state index in [-0.39, 0.29) is 5.92 Å². The molecule has 4 nitrogen and oxygen atoms in total. The molecule has 2 aliphatic heterocycles. The number of amides is 1. The van der Waals surface area contributed by atoms with E-state index < -0.39 is 0 Å². The van der Waals surface area contributed by atoms with Crippen molar-refractivity contribution in [1.29, 1.82) is 0 Å². The van der Waals surface area contributed by atoms with Gasteiger partial charge in [-0.3, -0.25) is 9.69 Å². The SMILES string of the molecule is CSCC(C)C(=O)N1CCN(C2CNC2)CC1. The van der Waals surface area contributed by atoms with E-state index in [9.17, 15) is 4.79 Å². The minimum Gasteiger partial charge on any atom is -0.340 e. The van der Waals surface area contributed by atoms with E-state index in [0.717, 1.165) is 51.1 Å². The van der Waals surface area contributed by atoms with Crippen LogP contribution in [0.3, 0.4) is 0 Å². The van der Waals surface area contributed by atoms with Crippen LogP contribution in [0.1, 0.15) is 6.92 Å². The molecule has 0 bridgehead atoms. The smallest absolute Gasteiger partial charge is 0.226 e. The minimum atomic E-state index is 0.168. The Morgan fingerprint density at radius 1 is 1.35 bits per heavy atom. The van der Waals surface area contributed by atoms with Gasteiger partial charge in [-0.1, -0.05) is 6.92 Å². The Hall–Kier alpha value is -0.260. The van der Waals surface area contributed by atoms with Crippen molar-refractivity contribution >= 4 is 17.7 Å². The highest BCUT2D eigenvalue weighted by atomic mass is 32.2. The summed E-state index contributed by atoms with van der Waals surface area (Å²) in [5, 5.41) is 3.30. The molecule has 0 aromatic rings. The van der Waals surface area contributed by atoms with Crippen molar-refractivity contribution in [1.82, 2.24) is 15.1 Å². The van der Waals surface area contributed by atoms with Crippen molar-refractivity contribution in [2.75, 3.05) is 51.3 Å². The molecule has 0 aromatic carbocycles. The van der Waals surface area contributed by atoms with Crippen molar-refractivity contribution in [3.05, 3.63) is 0 Å². The van der Waals surface area contributed by atoms with Gasteiger partial charge in [0, 0.05) is 57.0 Å². The predicted octanol–water partition coefficient (Wildman–Crippen LogP) is 0.102. The summed E-state index contributed by atoms with van der Waals surface area (Å²) in [5.41, 5.74) is 0. The topological polar surface area (TPSA) is 35.6 Å². The fraction of sp³-hybridized carbons (Fsp3) is 0.917. The fourth-order valence-electron chi connectivity index (χ4n) is 2.47. The van der Waals surface area contributed by atoms with Crippen LogP contribution in [0.25, 0.3) is 0 Å². The molecule has 1 atom stereocenters. The Kier molecular flexibility index (Phi) is 4.70. The molecule has 2 aliphatic rings. The maximum atomic E-state index is 12.1. The molecule has 98 valence electrons. The van der Waals surface area contributed by atoms with Gasteiger partial charge in [0.1, 0.15) is 0 Å². The first-order valence-corrected chi connectivity index (χ1v) is 7.84. The zero-order chi connectivity index (χ0) is 12.3. The van der Waals surface area contributed by atoms with Gasteiger partial charge in [-0.2, -0.15) is 11.8 Å².